The number of esters is 2. The summed E-state index contributed by atoms with van der Waals surface area (Å²) in [6, 6.07) is 13.1. The van der Waals surface area contributed by atoms with E-state index in [4.69, 9.17) is 14.0 Å². The lowest BCUT2D eigenvalue weighted by atomic mass is 9.88. The Morgan fingerprint density at radius 3 is 1.69 bits per heavy atom. The summed E-state index contributed by atoms with van der Waals surface area (Å²) < 4.78 is 37.2. The van der Waals surface area contributed by atoms with Crippen molar-refractivity contribution in [2.45, 2.75) is 67.2 Å². The highest BCUT2D eigenvalue weighted by Gasteiger charge is 2.32. The van der Waals surface area contributed by atoms with Crippen molar-refractivity contribution in [2.75, 3.05) is 19.8 Å². The number of hydrogen-bond acceptors (Lipinski definition) is 8. The number of hydrogen-bond donors (Lipinski definition) is 1. The summed E-state index contributed by atoms with van der Waals surface area (Å²) in [5.74, 6) is -1.50. The number of rotatable bonds is 12. The molecular formula is C31H43NO9S. The quantitative estimate of drug-likeness (QED) is 0.141. The molecule has 0 bridgehead atoms. The Balaban J connectivity index is 0.00000162. The second-order valence-electron chi connectivity index (χ2n) is 11.4. The van der Waals surface area contributed by atoms with Gasteiger partial charge < -0.3 is 14.4 Å². The van der Waals surface area contributed by atoms with Crippen LogP contribution in [0.3, 0.4) is 0 Å². The molecule has 0 aliphatic carbocycles. The largest absolute Gasteiger partial charge is 0.422 e. The average molecular weight is 606 g/mol. The van der Waals surface area contributed by atoms with Crippen molar-refractivity contribution >= 4 is 33.7 Å². The van der Waals surface area contributed by atoms with Gasteiger partial charge in [-0.05, 0) is 70.9 Å². The lowest BCUT2D eigenvalue weighted by Gasteiger charge is -2.24. The molecule has 2 aromatic rings. The maximum Gasteiger partial charge on any atom is 0.317 e. The van der Waals surface area contributed by atoms with Crippen molar-refractivity contribution in [2.24, 2.45) is 10.8 Å². The number of nitrogens with zero attached hydrogens (tertiary/aromatic N) is 1. The van der Waals surface area contributed by atoms with Gasteiger partial charge >= 0.3 is 11.9 Å². The fourth-order valence-corrected chi connectivity index (χ4v) is 3.96. The van der Waals surface area contributed by atoms with E-state index in [1.54, 1.807) is 59.0 Å². The summed E-state index contributed by atoms with van der Waals surface area (Å²) in [5, 5.41) is 0. The van der Waals surface area contributed by atoms with E-state index in [1.165, 1.54) is 23.1 Å². The van der Waals surface area contributed by atoms with Crippen LogP contribution in [0.15, 0.2) is 48.5 Å². The molecule has 0 saturated heterocycles. The molecular weight excluding hydrogens is 562 g/mol. The highest BCUT2D eigenvalue weighted by molar-refractivity contribution is 7.85. The molecule has 11 heteroatoms. The van der Waals surface area contributed by atoms with Gasteiger partial charge in [0.1, 0.15) is 0 Å². The average Bonchev–Trinajstić information content (AvgIpc) is 2.88. The molecule has 0 spiro atoms. The van der Waals surface area contributed by atoms with Gasteiger partial charge in [0.2, 0.25) is 0 Å². The normalized spacial score (nSPS) is 11.5. The van der Waals surface area contributed by atoms with Gasteiger partial charge in [-0.2, -0.15) is 8.42 Å². The monoisotopic (exact) mass is 605 g/mol. The van der Waals surface area contributed by atoms with E-state index in [0.29, 0.717) is 24.7 Å². The molecule has 0 aromatic heterocycles. The molecule has 0 aliphatic rings. The van der Waals surface area contributed by atoms with E-state index in [1.807, 2.05) is 19.9 Å². The van der Waals surface area contributed by atoms with Gasteiger partial charge in [-0.25, -0.2) is 0 Å². The molecule has 0 aliphatic heterocycles. The number of benzene rings is 2. The number of carbonyl (C=O) groups excluding carboxylic acids is 4. The minimum Gasteiger partial charge on any atom is -0.422 e. The van der Waals surface area contributed by atoms with Gasteiger partial charge in [-0.3, -0.25) is 23.7 Å². The Hall–Kier alpha value is -3.57. The van der Waals surface area contributed by atoms with E-state index in [2.05, 4.69) is 0 Å². The van der Waals surface area contributed by atoms with Gasteiger partial charge in [-0.15, -0.1) is 0 Å². The van der Waals surface area contributed by atoms with E-state index in [0.717, 1.165) is 12.8 Å². The zero-order chi connectivity index (χ0) is 32.3. The molecule has 0 atom stereocenters. The fourth-order valence-electron chi connectivity index (χ4n) is 3.96. The SMILES string of the molecule is CCCC(C)(C)C(=O)Oc1ccc(C(=O)CN(C)C(=O)c2ccccc2)cc1OC(=O)C(C)(C)CCC.CS(=O)(=O)O. The Bertz CT molecular complexity index is 1340. The van der Waals surface area contributed by atoms with Crippen LogP contribution in [-0.4, -0.2) is 61.3 Å². The molecule has 0 heterocycles. The van der Waals surface area contributed by atoms with Crippen LogP contribution in [-0.2, 0) is 19.7 Å². The van der Waals surface area contributed by atoms with Crippen LogP contribution in [0.4, 0.5) is 0 Å². The van der Waals surface area contributed by atoms with E-state index < -0.39 is 32.9 Å². The molecule has 0 fully saturated rings. The van der Waals surface area contributed by atoms with Crippen LogP contribution < -0.4 is 9.47 Å². The zero-order valence-electron chi connectivity index (χ0n) is 25.7. The number of amides is 1. The topological polar surface area (TPSA) is 144 Å². The number of carbonyl (C=O) groups is 4. The van der Waals surface area contributed by atoms with Crippen LogP contribution in [0.25, 0.3) is 0 Å². The van der Waals surface area contributed by atoms with Gasteiger partial charge in [0, 0.05) is 18.2 Å². The van der Waals surface area contributed by atoms with Crippen molar-refractivity contribution in [1.82, 2.24) is 4.90 Å². The van der Waals surface area contributed by atoms with Gasteiger partial charge in [0.25, 0.3) is 16.0 Å². The molecule has 1 amide bonds. The summed E-state index contributed by atoms with van der Waals surface area (Å²) in [6.07, 6.45) is 3.54. The summed E-state index contributed by atoms with van der Waals surface area (Å²) in [4.78, 5) is 52.9. The number of ketones is 1. The molecule has 42 heavy (non-hydrogen) atoms. The lowest BCUT2D eigenvalue weighted by Crippen LogP contribution is -2.32. The number of ether oxygens (including phenoxy) is 2. The smallest absolute Gasteiger partial charge is 0.317 e. The van der Waals surface area contributed by atoms with Crippen LogP contribution in [0, 0.1) is 10.8 Å². The summed E-state index contributed by atoms with van der Waals surface area (Å²) >= 11 is 0. The van der Waals surface area contributed by atoms with Crippen molar-refractivity contribution in [1.29, 1.82) is 0 Å². The standard InChI is InChI=1S/C30H39NO6.CH4O3S/c1-8-17-29(3,4)27(34)36-24-16-15-22(19-25(24)37-28(35)30(5,6)18-9-2)23(32)20-31(7)26(33)21-13-11-10-12-14-21;1-5(2,3)4/h10-16,19H,8-9,17-18,20H2,1-7H3;1H3,(H,2,3,4). The second kappa shape index (κ2) is 15.6. The maximum absolute atomic E-state index is 13.1. The fraction of sp³-hybridized carbons (Fsp3) is 0.484. The first-order valence-electron chi connectivity index (χ1n) is 13.7. The van der Waals surface area contributed by atoms with Crippen molar-refractivity contribution in [3.8, 4) is 11.5 Å². The van der Waals surface area contributed by atoms with Crippen molar-refractivity contribution in [3.05, 3.63) is 59.7 Å². The van der Waals surface area contributed by atoms with E-state index in [-0.39, 0.29) is 35.3 Å². The van der Waals surface area contributed by atoms with Crippen LogP contribution in [0.2, 0.25) is 0 Å². The Kier molecular flexibility index (Phi) is 13.5. The third kappa shape index (κ3) is 12.1. The Labute approximate surface area is 249 Å². The zero-order valence-corrected chi connectivity index (χ0v) is 26.5. The summed E-state index contributed by atoms with van der Waals surface area (Å²) in [5.41, 5.74) is -0.786. The molecule has 2 aromatic carbocycles. The molecule has 0 radical (unpaired) electrons. The molecule has 232 valence electrons. The molecule has 0 saturated carbocycles. The first kappa shape index (κ1) is 36.5. The highest BCUT2D eigenvalue weighted by Crippen LogP contribution is 2.35. The Morgan fingerprint density at radius 2 is 1.24 bits per heavy atom. The maximum atomic E-state index is 13.1. The van der Waals surface area contributed by atoms with Gasteiger partial charge in [0.05, 0.1) is 23.6 Å². The van der Waals surface area contributed by atoms with Gasteiger partial charge in [-0.1, -0.05) is 44.9 Å². The van der Waals surface area contributed by atoms with Crippen molar-refractivity contribution < 1.29 is 41.6 Å². The third-order valence-corrected chi connectivity index (χ3v) is 6.27. The third-order valence-electron chi connectivity index (χ3n) is 6.27. The van der Waals surface area contributed by atoms with Crippen LogP contribution in [0.1, 0.15) is 87.9 Å². The number of likely N-dealkylation sites (N-methyl/N-ethyl adjacent to an activating group) is 1. The minimum absolute atomic E-state index is 0.00212. The van der Waals surface area contributed by atoms with Crippen LogP contribution in [0.5, 0.6) is 11.5 Å². The molecule has 0 unspecified atom stereocenters. The highest BCUT2D eigenvalue weighted by atomic mass is 32.2. The minimum atomic E-state index is -3.67. The second-order valence-corrected chi connectivity index (χ2v) is 12.9. The van der Waals surface area contributed by atoms with Gasteiger partial charge in [0.15, 0.2) is 17.3 Å². The molecule has 1 N–H and O–H groups in total. The first-order chi connectivity index (χ1) is 19.3. The lowest BCUT2D eigenvalue weighted by molar-refractivity contribution is -0.147. The first-order valence-corrected chi connectivity index (χ1v) is 15.5. The molecule has 2 rings (SSSR count). The van der Waals surface area contributed by atoms with E-state index >= 15 is 0 Å². The van der Waals surface area contributed by atoms with Crippen molar-refractivity contribution in [3.63, 3.8) is 0 Å². The summed E-state index contributed by atoms with van der Waals surface area (Å²) in [6.45, 7) is 11.0. The molecule has 10 nitrogen and oxygen atoms in total. The summed E-state index contributed by atoms with van der Waals surface area (Å²) in [7, 11) is -2.12. The predicted molar refractivity (Wildman–Crippen MR) is 160 cm³/mol. The van der Waals surface area contributed by atoms with E-state index in [9.17, 15) is 27.6 Å². The van der Waals surface area contributed by atoms with Crippen LogP contribution >= 0.6 is 0 Å². The predicted octanol–water partition coefficient (Wildman–Crippen LogP) is 5.61. The Morgan fingerprint density at radius 1 is 0.786 bits per heavy atom. The number of Topliss-reactive ketones (excluding diaryl/α,β-unsaturated/α-hetero) is 1.